The van der Waals surface area contributed by atoms with Crippen LogP contribution in [0.1, 0.15) is 72.6 Å². The normalized spacial score (nSPS) is 17.2. The molecule has 0 spiro atoms. The molecule has 168 valence electrons. The second-order valence-electron chi connectivity index (χ2n) is 7.34. The van der Waals surface area contributed by atoms with Crippen molar-refractivity contribution in [3.8, 4) is 0 Å². The summed E-state index contributed by atoms with van der Waals surface area (Å²) < 4.78 is 21.2. The Bertz CT molecular complexity index is 539. The number of ether oxygens (including phenoxy) is 4. The van der Waals surface area contributed by atoms with Crippen LogP contribution >= 0.6 is 0 Å². The molecule has 9 heteroatoms. The zero-order valence-corrected chi connectivity index (χ0v) is 18.0. The van der Waals surface area contributed by atoms with E-state index in [1.807, 2.05) is 0 Å². The average molecular weight is 417 g/mol. The first kappa shape index (κ1) is 25.2. The van der Waals surface area contributed by atoms with Gasteiger partial charge in [0.25, 0.3) is 5.79 Å². The summed E-state index contributed by atoms with van der Waals surface area (Å²) >= 11 is 0. The molecule has 1 unspecified atom stereocenters. The molecule has 29 heavy (non-hydrogen) atoms. The molecule has 0 bridgehead atoms. The fourth-order valence-corrected chi connectivity index (χ4v) is 3.73. The van der Waals surface area contributed by atoms with E-state index in [4.69, 9.17) is 18.9 Å². The van der Waals surface area contributed by atoms with Crippen molar-refractivity contribution in [3.63, 3.8) is 0 Å². The fraction of sp³-hybridized carbons (Fsp3) is 0.850. The first-order valence-corrected chi connectivity index (χ1v) is 10.4. The van der Waals surface area contributed by atoms with E-state index in [2.05, 4.69) is 5.32 Å². The zero-order valence-electron chi connectivity index (χ0n) is 18.0. The summed E-state index contributed by atoms with van der Waals surface area (Å²) in [7, 11) is 0. The van der Waals surface area contributed by atoms with Crippen LogP contribution < -0.4 is 5.32 Å². The van der Waals surface area contributed by atoms with Gasteiger partial charge in [0, 0.05) is 33.1 Å². The minimum atomic E-state index is -1.54. The van der Waals surface area contributed by atoms with Crippen LogP contribution in [0, 0.1) is 5.41 Å². The number of amides is 1. The number of carbonyl (C=O) groups is 3. The first-order valence-electron chi connectivity index (χ1n) is 10.4. The highest BCUT2D eigenvalue weighted by molar-refractivity contribution is 5.78. The Hall–Kier alpha value is -1.87. The average Bonchev–Trinajstić information content (AvgIpc) is 2.66. The Kier molecular flexibility index (Phi) is 10.4. The second-order valence-corrected chi connectivity index (χ2v) is 7.34. The molecule has 1 saturated carbocycles. The lowest BCUT2D eigenvalue weighted by Crippen LogP contribution is -2.47. The number of hydrogen-bond donors (Lipinski definition) is 2. The molecular formula is C20H35NO8. The van der Waals surface area contributed by atoms with Gasteiger partial charge in [-0.1, -0.05) is 26.2 Å². The van der Waals surface area contributed by atoms with Crippen molar-refractivity contribution in [1.82, 2.24) is 5.32 Å². The summed E-state index contributed by atoms with van der Waals surface area (Å²) in [6.07, 6.45) is 2.74. The molecule has 1 atom stereocenters. The topological polar surface area (TPSA) is 120 Å². The molecule has 1 rings (SSSR count). The molecular weight excluding hydrogens is 382 g/mol. The van der Waals surface area contributed by atoms with Crippen molar-refractivity contribution in [2.24, 2.45) is 5.41 Å². The largest absolute Gasteiger partial charge is 0.481 e. The van der Waals surface area contributed by atoms with Gasteiger partial charge in [0.1, 0.15) is 0 Å². The van der Waals surface area contributed by atoms with Crippen molar-refractivity contribution in [2.75, 3.05) is 19.8 Å². The SMILES string of the molecule is CCOC(CC)(OCC)C(=O)OC(C)OC(=O)NCC1(CC(=O)O)CCCCC1. The Morgan fingerprint density at radius 1 is 1.03 bits per heavy atom. The highest BCUT2D eigenvalue weighted by Crippen LogP contribution is 2.38. The molecule has 1 aliphatic carbocycles. The number of alkyl carbamates (subject to hydrolysis) is 1. The predicted octanol–water partition coefficient (Wildman–Crippen LogP) is 3.21. The molecule has 0 aromatic heterocycles. The molecule has 0 radical (unpaired) electrons. The van der Waals surface area contributed by atoms with Crippen LogP contribution in [-0.2, 0) is 28.5 Å². The summed E-state index contributed by atoms with van der Waals surface area (Å²) in [4.78, 5) is 35.9. The third-order valence-electron chi connectivity index (χ3n) is 5.13. The van der Waals surface area contributed by atoms with Gasteiger partial charge in [-0.3, -0.25) is 4.79 Å². The Morgan fingerprint density at radius 2 is 1.62 bits per heavy atom. The molecule has 2 N–H and O–H groups in total. The molecule has 9 nitrogen and oxygen atoms in total. The van der Waals surface area contributed by atoms with Gasteiger partial charge in [-0.2, -0.15) is 0 Å². The Balaban J connectivity index is 2.60. The van der Waals surface area contributed by atoms with Crippen molar-refractivity contribution in [1.29, 1.82) is 0 Å². The summed E-state index contributed by atoms with van der Waals surface area (Å²) in [6.45, 7) is 7.34. The number of carbonyl (C=O) groups excluding carboxylic acids is 2. The monoisotopic (exact) mass is 417 g/mol. The lowest BCUT2D eigenvalue weighted by atomic mass is 9.72. The van der Waals surface area contributed by atoms with E-state index in [0.29, 0.717) is 0 Å². The molecule has 0 saturated heterocycles. The molecule has 1 fully saturated rings. The minimum absolute atomic E-state index is 0.000444. The number of carboxylic acid groups (broad SMARTS) is 1. The van der Waals surface area contributed by atoms with Crippen LogP contribution in [0.15, 0.2) is 0 Å². The van der Waals surface area contributed by atoms with E-state index in [1.54, 1.807) is 20.8 Å². The number of carboxylic acids is 1. The lowest BCUT2D eigenvalue weighted by Gasteiger charge is -2.36. The maximum atomic E-state index is 12.5. The highest BCUT2D eigenvalue weighted by Gasteiger charge is 2.42. The molecule has 0 heterocycles. The highest BCUT2D eigenvalue weighted by atomic mass is 16.8. The summed E-state index contributed by atoms with van der Waals surface area (Å²) in [5, 5.41) is 11.8. The van der Waals surface area contributed by atoms with Gasteiger partial charge in [0.2, 0.25) is 6.29 Å². The van der Waals surface area contributed by atoms with Gasteiger partial charge in [-0.25, -0.2) is 9.59 Å². The van der Waals surface area contributed by atoms with E-state index in [0.717, 1.165) is 32.1 Å². The van der Waals surface area contributed by atoms with E-state index in [1.165, 1.54) is 6.92 Å². The van der Waals surface area contributed by atoms with Crippen LogP contribution in [0.3, 0.4) is 0 Å². The minimum Gasteiger partial charge on any atom is -0.481 e. The van der Waals surface area contributed by atoms with E-state index >= 15 is 0 Å². The molecule has 0 aromatic rings. The van der Waals surface area contributed by atoms with Crippen LogP contribution in [0.5, 0.6) is 0 Å². The lowest BCUT2D eigenvalue weighted by molar-refractivity contribution is -0.257. The van der Waals surface area contributed by atoms with Crippen molar-refractivity contribution in [3.05, 3.63) is 0 Å². The van der Waals surface area contributed by atoms with Gasteiger partial charge < -0.3 is 29.4 Å². The zero-order chi connectivity index (χ0) is 21.9. The number of rotatable bonds is 12. The summed E-state index contributed by atoms with van der Waals surface area (Å²) in [6, 6.07) is 0. The van der Waals surface area contributed by atoms with Crippen molar-refractivity contribution >= 4 is 18.0 Å². The molecule has 0 aromatic carbocycles. The van der Waals surface area contributed by atoms with E-state index in [9.17, 15) is 19.5 Å². The predicted molar refractivity (Wildman–Crippen MR) is 104 cm³/mol. The number of hydrogen-bond acceptors (Lipinski definition) is 7. The standard InChI is InChI=1S/C20H35NO8/c1-5-20(26-6-2,27-7-3)17(24)28-15(4)29-18(25)21-14-19(13-16(22)23)11-9-8-10-12-19/h15H,5-14H2,1-4H3,(H,21,25)(H,22,23). The third-order valence-corrected chi connectivity index (χ3v) is 5.13. The van der Waals surface area contributed by atoms with E-state index in [-0.39, 0.29) is 32.6 Å². The summed E-state index contributed by atoms with van der Waals surface area (Å²) in [5.74, 6) is -3.18. The van der Waals surface area contributed by atoms with Gasteiger partial charge in [-0.05, 0) is 32.1 Å². The Morgan fingerprint density at radius 3 is 2.10 bits per heavy atom. The van der Waals surface area contributed by atoms with E-state index < -0.39 is 35.5 Å². The fourth-order valence-electron chi connectivity index (χ4n) is 3.73. The van der Waals surface area contributed by atoms with Crippen LogP contribution in [0.4, 0.5) is 4.79 Å². The van der Waals surface area contributed by atoms with Crippen LogP contribution in [0.2, 0.25) is 0 Å². The van der Waals surface area contributed by atoms with Gasteiger partial charge in [0.15, 0.2) is 0 Å². The molecule has 1 aliphatic rings. The van der Waals surface area contributed by atoms with Gasteiger partial charge in [0.05, 0.1) is 6.42 Å². The van der Waals surface area contributed by atoms with Crippen molar-refractivity contribution in [2.45, 2.75) is 84.7 Å². The maximum Gasteiger partial charge on any atom is 0.410 e. The second kappa shape index (κ2) is 12.0. The number of esters is 1. The summed E-state index contributed by atoms with van der Waals surface area (Å²) in [5.41, 5.74) is -0.468. The smallest absolute Gasteiger partial charge is 0.410 e. The van der Waals surface area contributed by atoms with Crippen LogP contribution in [0.25, 0.3) is 0 Å². The number of nitrogens with one attached hydrogen (secondary N) is 1. The third kappa shape index (κ3) is 7.81. The maximum absolute atomic E-state index is 12.5. The van der Waals surface area contributed by atoms with Gasteiger partial charge in [-0.15, -0.1) is 0 Å². The number of aliphatic carboxylic acids is 1. The van der Waals surface area contributed by atoms with Crippen molar-refractivity contribution < 1.29 is 38.4 Å². The molecule has 1 amide bonds. The molecule has 0 aliphatic heterocycles. The van der Waals surface area contributed by atoms with Crippen LogP contribution in [-0.4, -0.2) is 55.0 Å². The van der Waals surface area contributed by atoms with Gasteiger partial charge >= 0.3 is 18.0 Å². The Labute approximate surface area is 172 Å². The quantitative estimate of drug-likeness (QED) is 0.367. The first-order chi connectivity index (χ1) is 13.7.